The predicted octanol–water partition coefficient (Wildman–Crippen LogP) is 1.46. The highest BCUT2D eigenvalue weighted by Crippen LogP contribution is 2.27. The summed E-state index contributed by atoms with van der Waals surface area (Å²) >= 11 is 3.39. The van der Waals surface area contributed by atoms with Gasteiger partial charge in [-0.1, -0.05) is 0 Å². The molecule has 1 aromatic heterocycles. The summed E-state index contributed by atoms with van der Waals surface area (Å²) in [7, 11) is 1.79. The fraction of sp³-hybridized carbons (Fsp3) is 0.556. The van der Waals surface area contributed by atoms with Crippen LogP contribution in [0.15, 0.2) is 10.8 Å². The Kier molecular flexibility index (Phi) is 3.87. The second kappa shape index (κ2) is 4.76. The second-order valence-corrected chi connectivity index (χ2v) is 4.59. The third-order valence-corrected chi connectivity index (χ3v) is 2.63. The van der Waals surface area contributed by atoms with E-state index in [-0.39, 0.29) is 6.61 Å². The number of aliphatic hydroxyl groups excluding tert-OH is 1. The van der Waals surface area contributed by atoms with Crippen molar-refractivity contribution in [3.63, 3.8) is 0 Å². The zero-order valence-electron chi connectivity index (χ0n) is 9.00. The quantitative estimate of drug-likeness (QED) is 0.776. The van der Waals surface area contributed by atoms with Crippen LogP contribution in [-0.2, 0) is 0 Å². The molecule has 0 aliphatic rings. The number of hydrogen-bond donors (Lipinski definition) is 3. The van der Waals surface area contributed by atoms with Crippen LogP contribution in [0.4, 0.5) is 11.6 Å². The lowest BCUT2D eigenvalue weighted by atomic mass is 10.1. The van der Waals surface area contributed by atoms with Gasteiger partial charge in [0.1, 0.15) is 22.4 Å². The molecule has 0 saturated heterocycles. The summed E-state index contributed by atoms with van der Waals surface area (Å²) in [5, 5.41) is 15.2. The van der Waals surface area contributed by atoms with Crippen LogP contribution in [0.3, 0.4) is 0 Å². The Hall–Kier alpha value is -0.880. The molecule has 0 atom stereocenters. The van der Waals surface area contributed by atoms with Crippen LogP contribution in [0.1, 0.15) is 13.8 Å². The highest BCUT2D eigenvalue weighted by Gasteiger charge is 2.18. The van der Waals surface area contributed by atoms with Crippen molar-refractivity contribution >= 4 is 27.6 Å². The molecular weight excluding hydrogens is 260 g/mol. The highest BCUT2D eigenvalue weighted by molar-refractivity contribution is 9.10. The summed E-state index contributed by atoms with van der Waals surface area (Å²) in [4.78, 5) is 8.14. The molecule has 1 aromatic rings. The molecule has 0 bridgehead atoms. The number of halogens is 1. The molecule has 0 spiro atoms. The number of aromatic nitrogens is 2. The van der Waals surface area contributed by atoms with Gasteiger partial charge >= 0.3 is 0 Å². The first kappa shape index (κ1) is 12.2. The third-order valence-electron chi connectivity index (χ3n) is 1.88. The maximum absolute atomic E-state index is 9.14. The maximum atomic E-state index is 9.14. The highest BCUT2D eigenvalue weighted by atomic mass is 79.9. The van der Waals surface area contributed by atoms with E-state index in [1.807, 2.05) is 13.8 Å². The fourth-order valence-electron chi connectivity index (χ4n) is 0.991. The van der Waals surface area contributed by atoms with Gasteiger partial charge in [0.15, 0.2) is 0 Å². The molecule has 0 saturated carbocycles. The Labute approximate surface area is 97.5 Å². The van der Waals surface area contributed by atoms with Crippen LogP contribution in [0.5, 0.6) is 0 Å². The lowest BCUT2D eigenvalue weighted by molar-refractivity contribution is 0.234. The van der Waals surface area contributed by atoms with Gasteiger partial charge in [-0.15, -0.1) is 0 Å². The topological polar surface area (TPSA) is 70.1 Å². The normalized spacial score (nSPS) is 11.3. The van der Waals surface area contributed by atoms with Crippen LogP contribution >= 0.6 is 15.9 Å². The molecule has 3 N–H and O–H groups in total. The van der Waals surface area contributed by atoms with Gasteiger partial charge in [0.25, 0.3) is 0 Å². The van der Waals surface area contributed by atoms with E-state index in [1.165, 1.54) is 6.33 Å². The second-order valence-electron chi connectivity index (χ2n) is 3.80. The van der Waals surface area contributed by atoms with E-state index >= 15 is 0 Å². The van der Waals surface area contributed by atoms with Gasteiger partial charge < -0.3 is 15.7 Å². The van der Waals surface area contributed by atoms with Crippen molar-refractivity contribution in [1.82, 2.24) is 9.97 Å². The SMILES string of the molecule is CNc1ncnc(NC(C)(C)CO)c1Br. The average molecular weight is 275 g/mol. The van der Waals surface area contributed by atoms with Gasteiger partial charge in [-0.3, -0.25) is 0 Å². The third kappa shape index (κ3) is 3.04. The van der Waals surface area contributed by atoms with Crippen molar-refractivity contribution in [2.45, 2.75) is 19.4 Å². The Balaban J connectivity index is 2.95. The lowest BCUT2D eigenvalue weighted by Gasteiger charge is -2.24. The number of anilines is 2. The Morgan fingerprint density at radius 1 is 1.40 bits per heavy atom. The number of nitrogens with one attached hydrogen (secondary N) is 2. The number of rotatable bonds is 4. The van der Waals surface area contributed by atoms with Gasteiger partial charge in [0, 0.05) is 7.05 Å². The molecule has 0 radical (unpaired) electrons. The molecule has 0 aliphatic carbocycles. The summed E-state index contributed by atoms with van der Waals surface area (Å²) in [6.45, 7) is 3.81. The van der Waals surface area contributed by atoms with E-state index < -0.39 is 5.54 Å². The first-order valence-corrected chi connectivity index (χ1v) is 5.37. The largest absolute Gasteiger partial charge is 0.394 e. The lowest BCUT2D eigenvalue weighted by Crippen LogP contribution is -2.35. The molecule has 0 fully saturated rings. The molecule has 84 valence electrons. The number of aliphatic hydroxyl groups is 1. The van der Waals surface area contributed by atoms with E-state index in [9.17, 15) is 0 Å². The fourth-order valence-corrected chi connectivity index (χ4v) is 1.49. The van der Waals surface area contributed by atoms with Gasteiger partial charge in [-0.25, -0.2) is 9.97 Å². The molecule has 0 aromatic carbocycles. The van der Waals surface area contributed by atoms with Crippen molar-refractivity contribution < 1.29 is 5.11 Å². The first-order valence-electron chi connectivity index (χ1n) is 4.57. The molecule has 5 nitrogen and oxygen atoms in total. The van der Waals surface area contributed by atoms with Crippen LogP contribution in [0.2, 0.25) is 0 Å². The van der Waals surface area contributed by atoms with E-state index in [2.05, 4.69) is 36.5 Å². The zero-order chi connectivity index (χ0) is 11.5. The van der Waals surface area contributed by atoms with Crippen LogP contribution in [0.25, 0.3) is 0 Å². The summed E-state index contributed by atoms with van der Waals surface area (Å²) < 4.78 is 0.758. The molecular formula is C9H15BrN4O. The summed E-state index contributed by atoms with van der Waals surface area (Å²) in [6, 6.07) is 0. The molecule has 0 amide bonds. The standard InChI is InChI=1S/C9H15BrN4O/c1-9(2,4-15)14-8-6(10)7(11-3)12-5-13-8/h5,15H,4H2,1-3H3,(H2,11,12,13,14). The molecule has 6 heteroatoms. The average Bonchev–Trinajstić information content (AvgIpc) is 2.21. The van der Waals surface area contributed by atoms with Crippen molar-refractivity contribution in [2.24, 2.45) is 0 Å². The van der Waals surface area contributed by atoms with Crippen molar-refractivity contribution in [3.8, 4) is 0 Å². The van der Waals surface area contributed by atoms with E-state index in [0.717, 1.165) is 4.47 Å². The Bertz CT molecular complexity index is 343. The minimum atomic E-state index is -0.415. The number of hydrogen-bond acceptors (Lipinski definition) is 5. The van der Waals surface area contributed by atoms with E-state index in [1.54, 1.807) is 7.05 Å². The van der Waals surface area contributed by atoms with Gasteiger partial charge in [0.2, 0.25) is 0 Å². The first-order chi connectivity index (χ1) is 7.00. The summed E-state index contributed by atoms with van der Waals surface area (Å²) in [5.41, 5.74) is -0.415. The molecule has 1 rings (SSSR count). The minimum Gasteiger partial charge on any atom is -0.394 e. The predicted molar refractivity (Wildman–Crippen MR) is 64.1 cm³/mol. The zero-order valence-corrected chi connectivity index (χ0v) is 10.6. The maximum Gasteiger partial charge on any atom is 0.146 e. The van der Waals surface area contributed by atoms with E-state index in [4.69, 9.17) is 5.11 Å². The Morgan fingerprint density at radius 3 is 2.53 bits per heavy atom. The van der Waals surface area contributed by atoms with Crippen LogP contribution in [-0.4, -0.2) is 34.3 Å². The molecule has 0 aliphatic heterocycles. The Morgan fingerprint density at radius 2 is 2.00 bits per heavy atom. The van der Waals surface area contributed by atoms with Crippen LogP contribution in [0, 0.1) is 0 Å². The summed E-state index contributed by atoms with van der Waals surface area (Å²) in [6.07, 6.45) is 1.46. The monoisotopic (exact) mass is 274 g/mol. The summed E-state index contributed by atoms with van der Waals surface area (Å²) in [5.74, 6) is 1.37. The molecule has 15 heavy (non-hydrogen) atoms. The smallest absolute Gasteiger partial charge is 0.146 e. The van der Waals surface area contributed by atoms with Gasteiger partial charge in [-0.2, -0.15) is 0 Å². The molecule has 1 heterocycles. The van der Waals surface area contributed by atoms with Crippen molar-refractivity contribution in [1.29, 1.82) is 0 Å². The van der Waals surface area contributed by atoms with Crippen molar-refractivity contribution in [2.75, 3.05) is 24.3 Å². The molecule has 0 unspecified atom stereocenters. The minimum absolute atomic E-state index is 0.0261. The van der Waals surface area contributed by atoms with E-state index in [0.29, 0.717) is 11.6 Å². The van der Waals surface area contributed by atoms with Gasteiger partial charge in [0.05, 0.1) is 12.1 Å². The van der Waals surface area contributed by atoms with Crippen molar-refractivity contribution in [3.05, 3.63) is 10.8 Å². The number of nitrogens with zero attached hydrogens (tertiary/aromatic N) is 2. The van der Waals surface area contributed by atoms with Crippen LogP contribution < -0.4 is 10.6 Å². The van der Waals surface area contributed by atoms with Gasteiger partial charge in [-0.05, 0) is 29.8 Å².